The lowest BCUT2D eigenvalue weighted by atomic mass is 9.88. The predicted octanol–water partition coefficient (Wildman–Crippen LogP) is 2.84. The zero-order valence-electron chi connectivity index (χ0n) is 26.6. The number of carbonyl (C=O) groups is 5. The molecule has 0 aliphatic heterocycles. The summed E-state index contributed by atoms with van der Waals surface area (Å²) in [6.07, 6.45) is 2.03. The van der Waals surface area contributed by atoms with E-state index in [2.05, 4.69) is 21.9 Å². The molecule has 0 aromatic heterocycles. The fourth-order valence-electron chi connectivity index (χ4n) is 4.10. The Morgan fingerprint density at radius 1 is 1.00 bits per heavy atom. The van der Waals surface area contributed by atoms with Gasteiger partial charge in [0.05, 0.1) is 11.5 Å². The topological polar surface area (TPSA) is 254 Å². The van der Waals surface area contributed by atoms with Gasteiger partial charge in [-0.3, -0.25) is 19.7 Å². The second-order valence-corrected chi connectivity index (χ2v) is 11.2. The van der Waals surface area contributed by atoms with Crippen LogP contribution in [0.15, 0.2) is 42.5 Å². The molecule has 0 saturated heterocycles. The number of amides is 5. The molecule has 2 unspecified atom stereocenters. The van der Waals surface area contributed by atoms with Crippen LogP contribution in [0.2, 0.25) is 0 Å². The van der Waals surface area contributed by atoms with Gasteiger partial charge in [0.1, 0.15) is 25.0 Å². The molecule has 0 heterocycles. The molecule has 0 spiro atoms. The molecule has 48 heavy (non-hydrogen) atoms. The third-order valence-electron chi connectivity index (χ3n) is 6.37. The highest BCUT2D eigenvalue weighted by Crippen LogP contribution is 2.24. The van der Waals surface area contributed by atoms with Crippen LogP contribution in [0.5, 0.6) is 5.75 Å². The number of terminal acetylenes is 1. The largest absolute Gasteiger partial charge is 0.514 e. The van der Waals surface area contributed by atoms with Gasteiger partial charge in [0.15, 0.2) is 6.10 Å². The molecule has 2 aromatic carbocycles. The monoisotopic (exact) mass is 670 g/mol. The average molecular weight is 671 g/mol. The molecule has 0 aliphatic carbocycles. The highest BCUT2D eigenvalue weighted by Gasteiger charge is 2.36. The van der Waals surface area contributed by atoms with E-state index in [9.17, 15) is 34.1 Å². The third-order valence-corrected chi connectivity index (χ3v) is 6.37. The van der Waals surface area contributed by atoms with Gasteiger partial charge >= 0.3 is 18.3 Å². The molecule has 0 fully saturated rings. The number of hydrogen-bond donors (Lipinski definition) is 5. The number of non-ortho nitro benzene ring substituents is 1. The first-order valence-corrected chi connectivity index (χ1v) is 14.4. The molecule has 17 heteroatoms. The van der Waals surface area contributed by atoms with Crippen LogP contribution in [0.25, 0.3) is 0 Å². The number of primary amides is 2. The Hall–Kier alpha value is -5.89. The summed E-state index contributed by atoms with van der Waals surface area (Å²) in [5.74, 6) is 0.965. The summed E-state index contributed by atoms with van der Waals surface area (Å²) in [7, 11) is 0. The van der Waals surface area contributed by atoms with E-state index in [4.69, 9.17) is 36.8 Å². The molecule has 5 amide bonds. The minimum Gasteiger partial charge on any atom is -0.436 e. The number of nitrogens with two attached hydrogens (primary N) is 2. The highest BCUT2D eigenvalue weighted by atomic mass is 16.7. The number of rotatable bonds is 16. The Labute approximate surface area is 276 Å². The number of urea groups is 1. The average Bonchev–Trinajstić information content (AvgIpc) is 3.00. The van der Waals surface area contributed by atoms with E-state index in [1.165, 1.54) is 30.3 Å². The second kappa shape index (κ2) is 18.3. The number of nitro groups is 1. The van der Waals surface area contributed by atoms with Crippen molar-refractivity contribution in [2.24, 2.45) is 16.9 Å². The van der Waals surface area contributed by atoms with Crippen LogP contribution < -0.4 is 32.2 Å². The van der Waals surface area contributed by atoms with E-state index < -0.39 is 52.6 Å². The molecule has 0 bridgehead atoms. The molecular formula is C31H38N6O11. The minimum atomic E-state index is -1.32. The van der Waals surface area contributed by atoms with Gasteiger partial charge in [-0.1, -0.05) is 32.8 Å². The highest BCUT2D eigenvalue weighted by molar-refractivity contribution is 5.98. The number of ether oxygens (including phenoxy) is 4. The van der Waals surface area contributed by atoms with Crippen molar-refractivity contribution in [1.82, 2.24) is 10.6 Å². The van der Waals surface area contributed by atoms with Crippen LogP contribution in [-0.2, 0) is 37.0 Å². The first-order valence-electron chi connectivity index (χ1n) is 14.4. The van der Waals surface area contributed by atoms with E-state index in [1.807, 2.05) is 0 Å². The van der Waals surface area contributed by atoms with Crippen LogP contribution in [-0.4, -0.2) is 60.3 Å². The third kappa shape index (κ3) is 13.2. The fourth-order valence-corrected chi connectivity index (χ4v) is 4.10. The fraction of sp³-hybridized carbons (Fsp3) is 0.387. The predicted molar refractivity (Wildman–Crippen MR) is 170 cm³/mol. The van der Waals surface area contributed by atoms with Gasteiger partial charge in [0.25, 0.3) is 11.6 Å². The molecule has 2 atom stereocenters. The van der Waals surface area contributed by atoms with Crippen molar-refractivity contribution < 1.29 is 47.8 Å². The Morgan fingerprint density at radius 3 is 2.27 bits per heavy atom. The maximum atomic E-state index is 13.4. The standard InChI is InChI=1S/C31H38N6O11/c1-5-15-45-17-20-16-21(9-8-19(20)18-46-30(42)47-23-12-10-22(11-13-23)37(43)44)35-26(38)24(7-6-14-34-28(32)40)36-27(39)25(31(2,3)4)48-29(33)41/h1,8-13,16,24-25H,6-7,14-15,17-18H2,2-4H3,(H2,33,41)(H,35,38)(H,36,39)(H3,32,34,40). The van der Waals surface area contributed by atoms with Crippen molar-refractivity contribution in [3.05, 3.63) is 63.7 Å². The lowest BCUT2D eigenvalue weighted by Gasteiger charge is -2.30. The van der Waals surface area contributed by atoms with Crippen molar-refractivity contribution >= 4 is 41.5 Å². The van der Waals surface area contributed by atoms with Crippen molar-refractivity contribution in [3.63, 3.8) is 0 Å². The van der Waals surface area contributed by atoms with Gasteiger partial charge < -0.3 is 46.4 Å². The van der Waals surface area contributed by atoms with Crippen molar-refractivity contribution in [1.29, 1.82) is 0 Å². The number of nitrogens with zero attached hydrogens (tertiary/aromatic N) is 1. The number of anilines is 1. The first kappa shape index (κ1) is 38.3. The summed E-state index contributed by atoms with van der Waals surface area (Å²) in [6.45, 7) is 4.74. The van der Waals surface area contributed by atoms with Crippen LogP contribution >= 0.6 is 0 Å². The van der Waals surface area contributed by atoms with Crippen LogP contribution in [0.1, 0.15) is 44.7 Å². The number of carbonyl (C=O) groups excluding carboxylic acids is 5. The summed E-state index contributed by atoms with van der Waals surface area (Å²) in [5.41, 5.74) is 10.5. The van der Waals surface area contributed by atoms with Gasteiger partial charge in [-0.15, -0.1) is 6.42 Å². The van der Waals surface area contributed by atoms with E-state index in [-0.39, 0.29) is 56.3 Å². The molecule has 258 valence electrons. The van der Waals surface area contributed by atoms with Gasteiger partial charge in [-0.2, -0.15) is 0 Å². The minimum absolute atomic E-state index is 0.0271. The van der Waals surface area contributed by atoms with Crippen LogP contribution in [0.4, 0.5) is 25.8 Å². The summed E-state index contributed by atoms with van der Waals surface area (Å²) in [6, 6.07) is 7.55. The SMILES string of the molecule is C#CCOCc1cc(NC(=O)C(CCCNC(N)=O)NC(=O)C(OC(N)=O)C(C)(C)C)ccc1COC(=O)Oc1ccc([N+](=O)[O-])cc1. The number of nitrogens with one attached hydrogen (secondary N) is 3. The summed E-state index contributed by atoms with van der Waals surface area (Å²) in [4.78, 5) is 71.6. The molecular weight excluding hydrogens is 632 g/mol. The van der Waals surface area contributed by atoms with E-state index in [0.29, 0.717) is 11.1 Å². The van der Waals surface area contributed by atoms with Crippen molar-refractivity contribution in [2.45, 2.75) is 59.0 Å². The Kier molecular flexibility index (Phi) is 14.6. The molecule has 17 nitrogen and oxygen atoms in total. The molecule has 7 N–H and O–H groups in total. The van der Waals surface area contributed by atoms with E-state index in [0.717, 1.165) is 0 Å². The second-order valence-electron chi connectivity index (χ2n) is 11.2. The molecule has 0 saturated carbocycles. The van der Waals surface area contributed by atoms with Crippen LogP contribution in [0, 0.1) is 27.9 Å². The van der Waals surface area contributed by atoms with Crippen molar-refractivity contribution in [2.75, 3.05) is 18.5 Å². The Bertz CT molecular complexity index is 1520. The van der Waals surface area contributed by atoms with E-state index >= 15 is 0 Å². The molecule has 2 rings (SSSR count). The number of hydrogen-bond acceptors (Lipinski definition) is 11. The summed E-state index contributed by atoms with van der Waals surface area (Å²) >= 11 is 0. The molecule has 0 radical (unpaired) electrons. The van der Waals surface area contributed by atoms with Crippen LogP contribution in [0.3, 0.4) is 0 Å². The van der Waals surface area contributed by atoms with Gasteiger partial charge in [0, 0.05) is 29.8 Å². The lowest BCUT2D eigenvalue weighted by molar-refractivity contribution is -0.384. The van der Waals surface area contributed by atoms with Gasteiger partial charge in [-0.25, -0.2) is 14.4 Å². The van der Waals surface area contributed by atoms with Gasteiger partial charge in [-0.05, 0) is 48.2 Å². The smallest absolute Gasteiger partial charge is 0.436 e. The zero-order chi connectivity index (χ0) is 35.9. The van der Waals surface area contributed by atoms with E-state index in [1.54, 1.807) is 32.9 Å². The summed E-state index contributed by atoms with van der Waals surface area (Å²) < 4.78 is 20.7. The Morgan fingerprint density at radius 2 is 1.69 bits per heavy atom. The quantitative estimate of drug-likeness (QED) is 0.0433. The first-order chi connectivity index (χ1) is 22.6. The molecule has 2 aromatic rings. The molecule has 0 aliphatic rings. The maximum absolute atomic E-state index is 13.4. The lowest BCUT2D eigenvalue weighted by Crippen LogP contribution is -2.52. The zero-order valence-corrected chi connectivity index (χ0v) is 26.6. The van der Waals surface area contributed by atoms with Gasteiger partial charge in [0.2, 0.25) is 5.91 Å². The normalized spacial score (nSPS) is 12.0. The number of benzene rings is 2. The maximum Gasteiger partial charge on any atom is 0.514 e. The Balaban J connectivity index is 2.21. The number of nitro benzene ring substituents is 1. The summed E-state index contributed by atoms with van der Waals surface area (Å²) in [5, 5.41) is 18.5. The van der Waals surface area contributed by atoms with Crippen molar-refractivity contribution in [3.8, 4) is 18.1 Å².